The van der Waals surface area contributed by atoms with E-state index in [0.29, 0.717) is 47.0 Å². The molecule has 1 heterocycles. The molecule has 0 bridgehead atoms. The lowest BCUT2D eigenvalue weighted by Crippen LogP contribution is -2.07. The molecule has 2 N–H and O–H groups in total. The lowest BCUT2D eigenvalue weighted by atomic mass is 9.98. The van der Waals surface area contributed by atoms with Gasteiger partial charge in [0.05, 0.1) is 4.47 Å². The van der Waals surface area contributed by atoms with E-state index >= 15 is 0 Å². The maximum absolute atomic E-state index is 10.5. The molecule has 0 aliphatic carbocycles. The topological polar surface area (TPSA) is 58.9 Å². The SMILES string of the molecule is CCCc1c(O)c(O)c(CCC)c2c1Oc1cc(Br)c(Br)c(Br)c1O2. The van der Waals surface area contributed by atoms with Crippen LogP contribution in [0.1, 0.15) is 37.8 Å². The van der Waals surface area contributed by atoms with E-state index in [1.807, 2.05) is 19.9 Å². The number of phenolic OH excluding ortho intramolecular Hbond substituents is 2. The summed E-state index contributed by atoms with van der Waals surface area (Å²) in [5.41, 5.74) is 1.13. The third kappa shape index (κ3) is 3.15. The lowest BCUT2D eigenvalue weighted by molar-refractivity contribution is 0.333. The zero-order valence-corrected chi connectivity index (χ0v) is 18.5. The maximum Gasteiger partial charge on any atom is 0.185 e. The second kappa shape index (κ2) is 7.37. The van der Waals surface area contributed by atoms with Gasteiger partial charge in [0, 0.05) is 26.1 Å². The predicted molar refractivity (Wildman–Crippen MR) is 107 cm³/mol. The summed E-state index contributed by atoms with van der Waals surface area (Å²) in [6, 6.07) is 1.81. The van der Waals surface area contributed by atoms with Crippen molar-refractivity contribution in [3.8, 4) is 34.5 Å². The van der Waals surface area contributed by atoms with Crippen LogP contribution in [0.2, 0.25) is 0 Å². The van der Waals surface area contributed by atoms with E-state index in [0.717, 1.165) is 26.3 Å². The molecule has 2 aromatic rings. The number of ether oxygens (including phenoxy) is 2. The molecule has 0 saturated carbocycles. The van der Waals surface area contributed by atoms with Crippen molar-refractivity contribution in [3.05, 3.63) is 30.6 Å². The first-order valence-corrected chi connectivity index (χ1v) is 10.4. The molecule has 0 saturated heterocycles. The normalized spacial score (nSPS) is 12.2. The fraction of sp³-hybridized carbons (Fsp3) is 0.333. The van der Waals surface area contributed by atoms with E-state index in [4.69, 9.17) is 9.47 Å². The van der Waals surface area contributed by atoms with E-state index < -0.39 is 0 Å². The molecule has 1 aliphatic rings. The van der Waals surface area contributed by atoms with Gasteiger partial charge in [-0.05, 0) is 60.6 Å². The summed E-state index contributed by atoms with van der Waals surface area (Å²) in [6.45, 7) is 4.01. The number of phenols is 2. The summed E-state index contributed by atoms with van der Waals surface area (Å²) in [6.07, 6.45) is 2.75. The summed E-state index contributed by atoms with van der Waals surface area (Å²) in [4.78, 5) is 0. The van der Waals surface area contributed by atoms with E-state index in [-0.39, 0.29) is 11.5 Å². The van der Waals surface area contributed by atoms with Gasteiger partial charge < -0.3 is 19.7 Å². The molecule has 134 valence electrons. The minimum atomic E-state index is -0.122. The van der Waals surface area contributed by atoms with Crippen LogP contribution in [0.4, 0.5) is 0 Å². The van der Waals surface area contributed by atoms with Gasteiger partial charge in [-0.25, -0.2) is 0 Å². The molecule has 0 unspecified atom stereocenters. The molecule has 4 nitrogen and oxygen atoms in total. The molecule has 0 amide bonds. The van der Waals surface area contributed by atoms with Crippen LogP contribution < -0.4 is 9.47 Å². The first kappa shape index (κ1) is 18.9. The van der Waals surface area contributed by atoms with Crippen molar-refractivity contribution < 1.29 is 19.7 Å². The second-order valence-corrected chi connectivity index (χ2v) is 8.27. The van der Waals surface area contributed by atoms with Crippen LogP contribution in [-0.4, -0.2) is 10.2 Å². The van der Waals surface area contributed by atoms with Crippen LogP contribution in [0.5, 0.6) is 34.5 Å². The van der Waals surface area contributed by atoms with Gasteiger partial charge in [0.1, 0.15) is 0 Å². The Bertz CT molecular complexity index is 849. The molecule has 0 spiro atoms. The standard InChI is InChI=1S/C18H17Br3O4/c1-3-5-8-14(22)15(23)9(6-4-2)17-16(8)24-11-7-10(19)12(20)13(21)18(11)25-17/h7,22-23H,3-6H2,1-2H3. The number of halogens is 3. The quantitative estimate of drug-likeness (QED) is 0.274. The Hall–Kier alpha value is -0.920. The van der Waals surface area contributed by atoms with E-state index in [9.17, 15) is 10.2 Å². The summed E-state index contributed by atoms with van der Waals surface area (Å²) in [5, 5.41) is 21.0. The minimum absolute atomic E-state index is 0.119. The third-order valence-corrected chi connectivity index (χ3v) is 7.32. The molecule has 0 fully saturated rings. The van der Waals surface area contributed by atoms with E-state index in [2.05, 4.69) is 47.8 Å². The fourth-order valence-electron chi connectivity index (χ4n) is 2.89. The molecule has 7 heteroatoms. The zero-order valence-electron chi connectivity index (χ0n) is 13.8. The molecule has 2 aromatic carbocycles. The van der Waals surface area contributed by atoms with Gasteiger partial charge in [0.25, 0.3) is 0 Å². The van der Waals surface area contributed by atoms with Crippen molar-refractivity contribution in [1.29, 1.82) is 0 Å². The van der Waals surface area contributed by atoms with Crippen LogP contribution in [0.15, 0.2) is 19.5 Å². The number of hydrogen-bond acceptors (Lipinski definition) is 4. The average molecular weight is 537 g/mol. The average Bonchev–Trinajstić information content (AvgIpc) is 2.59. The highest BCUT2D eigenvalue weighted by atomic mass is 79.9. The molecule has 0 aromatic heterocycles. The van der Waals surface area contributed by atoms with Gasteiger partial charge in [-0.2, -0.15) is 0 Å². The van der Waals surface area contributed by atoms with Gasteiger partial charge in [-0.3, -0.25) is 0 Å². The molecule has 0 radical (unpaired) electrons. The molecular formula is C18H17Br3O4. The second-order valence-electron chi connectivity index (χ2n) is 5.83. The van der Waals surface area contributed by atoms with Gasteiger partial charge in [-0.15, -0.1) is 0 Å². The lowest BCUT2D eigenvalue weighted by Gasteiger charge is -2.27. The molecule has 1 aliphatic heterocycles. The van der Waals surface area contributed by atoms with Crippen LogP contribution in [0.25, 0.3) is 0 Å². The summed E-state index contributed by atoms with van der Waals surface area (Å²) in [5.74, 6) is 1.79. The van der Waals surface area contributed by atoms with E-state index in [1.54, 1.807) is 0 Å². The van der Waals surface area contributed by atoms with Crippen molar-refractivity contribution in [2.24, 2.45) is 0 Å². The Morgan fingerprint density at radius 1 is 0.800 bits per heavy atom. The Balaban J connectivity index is 2.26. The Morgan fingerprint density at radius 3 is 1.84 bits per heavy atom. The first-order chi connectivity index (χ1) is 11.9. The molecule has 3 rings (SSSR count). The van der Waals surface area contributed by atoms with Crippen LogP contribution in [-0.2, 0) is 12.8 Å². The summed E-state index contributed by atoms with van der Waals surface area (Å²) < 4.78 is 14.6. The van der Waals surface area contributed by atoms with Gasteiger partial charge in [0.2, 0.25) is 0 Å². The molecule has 0 atom stereocenters. The fourth-order valence-corrected chi connectivity index (χ4v) is 4.35. The van der Waals surface area contributed by atoms with Gasteiger partial charge >= 0.3 is 0 Å². The number of fused-ring (bicyclic) bond motifs is 2. The number of benzene rings is 2. The summed E-state index contributed by atoms with van der Waals surface area (Å²) >= 11 is 10.5. The number of aromatic hydroxyl groups is 2. The smallest absolute Gasteiger partial charge is 0.185 e. The van der Waals surface area contributed by atoms with Crippen LogP contribution >= 0.6 is 47.8 Å². The van der Waals surface area contributed by atoms with Crippen molar-refractivity contribution in [3.63, 3.8) is 0 Å². The molecular weight excluding hydrogens is 520 g/mol. The summed E-state index contributed by atoms with van der Waals surface area (Å²) in [7, 11) is 0. The Kier molecular flexibility index (Phi) is 5.56. The number of hydrogen-bond donors (Lipinski definition) is 2. The van der Waals surface area contributed by atoms with Crippen LogP contribution in [0.3, 0.4) is 0 Å². The third-order valence-electron chi connectivity index (χ3n) is 4.05. The highest BCUT2D eigenvalue weighted by Crippen LogP contribution is 2.58. The van der Waals surface area contributed by atoms with Gasteiger partial charge in [-0.1, -0.05) is 26.7 Å². The van der Waals surface area contributed by atoms with Crippen molar-refractivity contribution in [2.45, 2.75) is 39.5 Å². The van der Waals surface area contributed by atoms with Crippen molar-refractivity contribution >= 4 is 47.8 Å². The number of rotatable bonds is 4. The largest absolute Gasteiger partial charge is 0.504 e. The Morgan fingerprint density at radius 2 is 1.32 bits per heavy atom. The highest BCUT2D eigenvalue weighted by Gasteiger charge is 2.32. The predicted octanol–water partition coefficient (Wildman–Crippen LogP) is 7.19. The monoisotopic (exact) mass is 534 g/mol. The Labute approximate surface area is 171 Å². The van der Waals surface area contributed by atoms with Gasteiger partial charge in [0.15, 0.2) is 34.5 Å². The zero-order chi connectivity index (χ0) is 18.3. The first-order valence-electron chi connectivity index (χ1n) is 8.03. The van der Waals surface area contributed by atoms with E-state index in [1.165, 1.54) is 0 Å². The van der Waals surface area contributed by atoms with Crippen molar-refractivity contribution in [2.75, 3.05) is 0 Å². The van der Waals surface area contributed by atoms with Crippen LogP contribution in [0, 0.1) is 0 Å². The minimum Gasteiger partial charge on any atom is -0.504 e. The molecule has 25 heavy (non-hydrogen) atoms. The maximum atomic E-state index is 10.5. The highest BCUT2D eigenvalue weighted by molar-refractivity contribution is 9.14. The van der Waals surface area contributed by atoms with Crippen molar-refractivity contribution in [1.82, 2.24) is 0 Å².